The van der Waals surface area contributed by atoms with Crippen molar-refractivity contribution in [2.75, 3.05) is 50.8 Å². The molecule has 4 heteroatoms. The summed E-state index contributed by atoms with van der Waals surface area (Å²) in [6.07, 6.45) is 5.01. The molecule has 1 saturated heterocycles. The van der Waals surface area contributed by atoms with Gasteiger partial charge in [0.15, 0.2) is 0 Å². The van der Waals surface area contributed by atoms with Crippen LogP contribution in [0.25, 0.3) is 0 Å². The van der Waals surface area contributed by atoms with Gasteiger partial charge in [-0.05, 0) is 24.5 Å². The average Bonchev–Trinajstić information content (AvgIpc) is 3.16. The molecular weight excluding hydrogens is 288 g/mol. The molecule has 1 N–H and O–H groups in total. The maximum atomic E-state index is 10.6. The Morgan fingerprint density at radius 2 is 1.83 bits per heavy atom. The monoisotopic (exact) mass is 316 g/mol. The minimum atomic E-state index is -0.294. The third kappa shape index (κ3) is 3.00. The van der Waals surface area contributed by atoms with Crippen molar-refractivity contribution in [2.45, 2.75) is 37.2 Å². The molecular formula is C19H28N2O2. The van der Waals surface area contributed by atoms with E-state index in [0.29, 0.717) is 5.41 Å². The maximum absolute atomic E-state index is 10.6. The lowest BCUT2D eigenvalue weighted by molar-refractivity contribution is 0.0161. The molecule has 1 aliphatic carbocycles. The number of aliphatic hydroxyl groups is 1. The molecule has 3 aliphatic rings. The molecule has 1 aromatic carbocycles. The molecule has 126 valence electrons. The van der Waals surface area contributed by atoms with Crippen LogP contribution in [0.5, 0.6) is 0 Å². The van der Waals surface area contributed by atoms with Crippen molar-refractivity contribution in [1.82, 2.24) is 4.90 Å². The molecule has 0 amide bonds. The summed E-state index contributed by atoms with van der Waals surface area (Å²) in [5.41, 5.74) is 3.24. The van der Waals surface area contributed by atoms with Crippen molar-refractivity contribution in [3.8, 4) is 0 Å². The summed E-state index contributed by atoms with van der Waals surface area (Å²) in [6.45, 7) is 6.07. The first-order chi connectivity index (χ1) is 11.3. The van der Waals surface area contributed by atoms with Crippen molar-refractivity contribution in [3.05, 3.63) is 29.8 Å². The molecule has 2 aliphatic heterocycles. The van der Waals surface area contributed by atoms with Crippen LogP contribution in [0.3, 0.4) is 0 Å². The fourth-order valence-electron chi connectivity index (χ4n) is 4.77. The molecule has 1 spiro atoms. The fraction of sp³-hybridized carbons (Fsp3) is 0.684. The Morgan fingerprint density at radius 1 is 1.09 bits per heavy atom. The van der Waals surface area contributed by atoms with Gasteiger partial charge in [-0.3, -0.25) is 4.90 Å². The van der Waals surface area contributed by atoms with Gasteiger partial charge >= 0.3 is 0 Å². The van der Waals surface area contributed by atoms with Crippen LogP contribution in [0.1, 0.15) is 31.2 Å². The van der Waals surface area contributed by atoms with Gasteiger partial charge in [0.05, 0.1) is 19.3 Å². The minimum absolute atomic E-state index is 0.294. The number of fused-ring (bicyclic) bond motifs is 2. The molecule has 4 rings (SSSR count). The Bertz CT molecular complexity index is 536. The van der Waals surface area contributed by atoms with Gasteiger partial charge in [-0.25, -0.2) is 0 Å². The first kappa shape index (κ1) is 15.4. The van der Waals surface area contributed by atoms with Crippen LogP contribution in [0.4, 0.5) is 5.69 Å². The maximum Gasteiger partial charge on any atom is 0.0841 e. The van der Waals surface area contributed by atoms with Crippen molar-refractivity contribution < 1.29 is 9.84 Å². The Hall–Kier alpha value is -1.10. The van der Waals surface area contributed by atoms with E-state index in [-0.39, 0.29) is 6.10 Å². The highest BCUT2D eigenvalue weighted by molar-refractivity contribution is 5.63. The number of β-amino-alcohol motifs (C(OH)–C–C–N with tert-alkyl or cyclic N) is 1. The summed E-state index contributed by atoms with van der Waals surface area (Å²) in [5, 5.41) is 10.6. The van der Waals surface area contributed by atoms with Crippen molar-refractivity contribution >= 4 is 5.69 Å². The van der Waals surface area contributed by atoms with Crippen molar-refractivity contribution in [3.63, 3.8) is 0 Å². The highest BCUT2D eigenvalue weighted by Crippen LogP contribution is 2.50. The first-order valence-electron chi connectivity index (χ1n) is 9.09. The van der Waals surface area contributed by atoms with Gasteiger partial charge in [0.2, 0.25) is 0 Å². The van der Waals surface area contributed by atoms with Crippen LogP contribution < -0.4 is 4.90 Å². The smallest absolute Gasteiger partial charge is 0.0841 e. The molecule has 0 aromatic heterocycles. The molecule has 23 heavy (non-hydrogen) atoms. The van der Waals surface area contributed by atoms with Gasteiger partial charge in [0.1, 0.15) is 0 Å². The number of nitrogens with zero attached hydrogens (tertiary/aromatic N) is 2. The molecule has 1 unspecified atom stereocenters. The normalized spacial score (nSPS) is 25.0. The molecule has 1 saturated carbocycles. The predicted molar refractivity (Wildman–Crippen MR) is 92.1 cm³/mol. The highest BCUT2D eigenvalue weighted by atomic mass is 16.5. The lowest BCUT2D eigenvalue weighted by atomic mass is 9.81. The number of para-hydroxylation sites is 1. The Morgan fingerprint density at radius 3 is 2.61 bits per heavy atom. The number of hydrogen-bond acceptors (Lipinski definition) is 4. The molecule has 0 bridgehead atoms. The zero-order chi connectivity index (χ0) is 15.7. The van der Waals surface area contributed by atoms with Crippen LogP contribution in [-0.2, 0) is 10.2 Å². The lowest BCUT2D eigenvalue weighted by Gasteiger charge is -2.31. The van der Waals surface area contributed by atoms with Gasteiger partial charge in [0.25, 0.3) is 0 Å². The second kappa shape index (κ2) is 6.42. The van der Waals surface area contributed by atoms with Crippen LogP contribution in [-0.4, -0.2) is 62.0 Å². The van der Waals surface area contributed by atoms with E-state index in [1.165, 1.54) is 36.9 Å². The number of rotatable bonds is 4. The topological polar surface area (TPSA) is 35.9 Å². The number of morpholine rings is 1. The molecule has 1 atom stereocenters. The van der Waals surface area contributed by atoms with Crippen LogP contribution in [0, 0.1) is 0 Å². The summed E-state index contributed by atoms with van der Waals surface area (Å²) < 4.78 is 5.39. The van der Waals surface area contributed by atoms with E-state index in [0.717, 1.165) is 45.9 Å². The number of anilines is 1. The van der Waals surface area contributed by atoms with Crippen molar-refractivity contribution in [2.24, 2.45) is 0 Å². The Balaban J connectivity index is 1.45. The quantitative estimate of drug-likeness (QED) is 0.922. The fourth-order valence-corrected chi connectivity index (χ4v) is 4.77. The number of benzene rings is 1. The first-order valence-corrected chi connectivity index (χ1v) is 9.09. The van der Waals surface area contributed by atoms with Crippen LogP contribution in [0.2, 0.25) is 0 Å². The van der Waals surface area contributed by atoms with Gasteiger partial charge in [0, 0.05) is 43.8 Å². The lowest BCUT2D eigenvalue weighted by Crippen LogP contribution is -2.45. The molecule has 2 heterocycles. The van der Waals surface area contributed by atoms with Crippen molar-refractivity contribution in [1.29, 1.82) is 0 Å². The third-order valence-electron chi connectivity index (χ3n) is 5.87. The molecule has 4 nitrogen and oxygen atoms in total. The average molecular weight is 316 g/mol. The van der Waals surface area contributed by atoms with Crippen LogP contribution >= 0.6 is 0 Å². The molecule has 1 aromatic rings. The minimum Gasteiger partial charge on any atom is -0.390 e. The summed E-state index contributed by atoms with van der Waals surface area (Å²) in [7, 11) is 0. The summed E-state index contributed by atoms with van der Waals surface area (Å²) in [5.74, 6) is 0. The number of hydrogen-bond donors (Lipinski definition) is 1. The summed E-state index contributed by atoms with van der Waals surface area (Å²) in [6, 6.07) is 8.86. The third-order valence-corrected chi connectivity index (χ3v) is 5.87. The number of ether oxygens (including phenoxy) is 1. The summed E-state index contributed by atoms with van der Waals surface area (Å²) >= 11 is 0. The van der Waals surface area contributed by atoms with E-state index >= 15 is 0 Å². The summed E-state index contributed by atoms with van der Waals surface area (Å²) in [4.78, 5) is 4.76. The number of aliphatic hydroxyl groups excluding tert-OH is 1. The standard InChI is InChI=1S/C19H28N2O2/c22-16(13-20-9-11-23-12-10-20)14-21-15-19(7-3-4-8-19)17-5-1-2-6-18(17)21/h1-2,5-6,16,22H,3-4,7-15H2. The largest absolute Gasteiger partial charge is 0.390 e. The van der Waals surface area contributed by atoms with E-state index in [4.69, 9.17) is 4.74 Å². The Labute approximate surface area is 139 Å². The van der Waals surface area contributed by atoms with Gasteiger partial charge in [-0.2, -0.15) is 0 Å². The van der Waals surface area contributed by atoms with E-state index in [1.54, 1.807) is 0 Å². The van der Waals surface area contributed by atoms with E-state index in [9.17, 15) is 5.11 Å². The van der Waals surface area contributed by atoms with E-state index in [2.05, 4.69) is 34.1 Å². The predicted octanol–water partition coefficient (Wildman–Crippen LogP) is 2.01. The Kier molecular flexibility index (Phi) is 4.31. The second-order valence-corrected chi connectivity index (χ2v) is 7.45. The van der Waals surface area contributed by atoms with Gasteiger partial charge in [-0.15, -0.1) is 0 Å². The van der Waals surface area contributed by atoms with Gasteiger partial charge in [-0.1, -0.05) is 31.0 Å². The SMILES string of the molecule is OC(CN1CCOCC1)CN1CC2(CCCC2)c2ccccc21. The zero-order valence-corrected chi connectivity index (χ0v) is 13.9. The molecule has 2 fully saturated rings. The highest BCUT2D eigenvalue weighted by Gasteiger charge is 2.44. The zero-order valence-electron chi connectivity index (χ0n) is 13.9. The van der Waals surface area contributed by atoms with E-state index in [1.807, 2.05) is 0 Å². The van der Waals surface area contributed by atoms with E-state index < -0.39 is 0 Å². The van der Waals surface area contributed by atoms with Gasteiger partial charge < -0.3 is 14.7 Å². The second-order valence-electron chi connectivity index (χ2n) is 7.45. The van der Waals surface area contributed by atoms with Crippen LogP contribution in [0.15, 0.2) is 24.3 Å². The molecule has 0 radical (unpaired) electrons.